The first-order valence-electron chi connectivity index (χ1n) is 5.11. The van der Waals surface area contributed by atoms with Gasteiger partial charge in [0.05, 0.1) is 11.7 Å². The molecule has 0 saturated heterocycles. The van der Waals surface area contributed by atoms with Crippen LogP contribution in [0.1, 0.15) is 22.9 Å². The maximum atomic E-state index is 13.5. The van der Waals surface area contributed by atoms with E-state index in [2.05, 4.69) is 4.98 Å². The molecule has 0 fully saturated rings. The molecule has 0 saturated carbocycles. The Balaban J connectivity index is 2.44. The first kappa shape index (κ1) is 10.8. The van der Waals surface area contributed by atoms with Gasteiger partial charge in [0, 0.05) is 11.8 Å². The summed E-state index contributed by atoms with van der Waals surface area (Å²) in [5.74, 6) is -0.292. The van der Waals surface area contributed by atoms with Gasteiger partial charge >= 0.3 is 0 Å². The third-order valence-electron chi connectivity index (χ3n) is 2.58. The molecule has 0 aliphatic carbocycles. The van der Waals surface area contributed by atoms with Gasteiger partial charge in [-0.25, -0.2) is 4.39 Å². The van der Waals surface area contributed by atoms with E-state index in [0.717, 1.165) is 5.56 Å². The number of nitrogens with zero attached hydrogens (tertiary/aromatic N) is 1. The van der Waals surface area contributed by atoms with Crippen LogP contribution >= 0.6 is 0 Å². The summed E-state index contributed by atoms with van der Waals surface area (Å²) in [5.41, 5.74) is 8.18. The summed E-state index contributed by atoms with van der Waals surface area (Å²) in [6.07, 6.45) is 1.67. The number of halogens is 1. The molecule has 1 aromatic heterocycles. The minimum absolute atomic E-state index is 0.292. The smallest absolute Gasteiger partial charge is 0.128 e. The van der Waals surface area contributed by atoms with Crippen molar-refractivity contribution < 1.29 is 4.39 Å². The van der Waals surface area contributed by atoms with E-state index < -0.39 is 6.04 Å². The summed E-state index contributed by atoms with van der Waals surface area (Å²) in [4.78, 5) is 4.20. The maximum Gasteiger partial charge on any atom is 0.128 e. The monoisotopic (exact) mass is 216 g/mol. The summed E-state index contributed by atoms with van der Waals surface area (Å²) in [7, 11) is 0. The Kier molecular flexibility index (Phi) is 2.97. The predicted octanol–water partition coefficient (Wildman–Crippen LogP) is 2.58. The first-order chi connectivity index (χ1) is 7.70. The molecular formula is C13H13FN2. The SMILES string of the molecule is Cc1cccnc1C(N)c1ccccc1F. The highest BCUT2D eigenvalue weighted by Gasteiger charge is 2.15. The largest absolute Gasteiger partial charge is 0.319 e. The molecule has 0 radical (unpaired) electrons. The normalized spacial score (nSPS) is 12.4. The summed E-state index contributed by atoms with van der Waals surface area (Å²) in [6, 6.07) is 9.77. The fourth-order valence-corrected chi connectivity index (χ4v) is 1.70. The maximum absolute atomic E-state index is 13.5. The average molecular weight is 216 g/mol. The van der Waals surface area contributed by atoms with Gasteiger partial charge in [-0.05, 0) is 24.6 Å². The van der Waals surface area contributed by atoms with Crippen LogP contribution in [-0.2, 0) is 0 Å². The standard InChI is InChI=1S/C13H13FN2/c1-9-5-4-8-16-13(9)12(15)10-6-2-3-7-11(10)14/h2-8,12H,15H2,1H3. The quantitative estimate of drug-likeness (QED) is 0.838. The van der Waals surface area contributed by atoms with Gasteiger partial charge in [0.15, 0.2) is 0 Å². The van der Waals surface area contributed by atoms with Crippen molar-refractivity contribution in [3.63, 3.8) is 0 Å². The molecule has 0 bridgehead atoms. The van der Waals surface area contributed by atoms with Crippen LogP contribution in [0.25, 0.3) is 0 Å². The van der Waals surface area contributed by atoms with Gasteiger partial charge < -0.3 is 5.73 Å². The number of pyridine rings is 1. The Morgan fingerprint density at radius 2 is 1.94 bits per heavy atom. The van der Waals surface area contributed by atoms with E-state index in [1.165, 1.54) is 6.07 Å². The number of aromatic nitrogens is 1. The molecule has 1 atom stereocenters. The van der Waals surface area contributed by atoms with Crippen molar-refractivity contribution in [2.75, 3.05) is 0 Å². The van der Waals surface area contributed by atoms with E-state index in [4.69, 9.17) is 5.73 Å². The summed E-state index contributed by atoms with van der Waals surface area (Å²) < 4.78 is 13.5. The van der Waals surface area contributed by atoms with Crippen molar-refractivity contribution in [3.8, 4) is 0 Å². The molecule has 82 valence electrons. The average Bonchev–Trinajstić information content (AvgIpc) is 2.29. The lowest BCUT2D eigenvalue weighted by Gasteiger charge is -2.14. The number of hydrogen-bond donors (Lipinski definition) is 1. The lowest BCUT2D eigenvalue weighted by Crippen LogP contribution is -2.16. The van der Waals surface area contributed by atoms with E-state index in [0.29, 0.717) is 11.3 Å². The van der Waals surface area contributed by atoms with Crippen LogP contribution in [0.4, 0.5) is 4.39 Å². The minimum Gasteiger partial charge on any atom is -0.319 e. The third-order valence-corrected chi connectivity index (χ3v) is 2.58. The number of hydrogen-bond acceptors (Lipinski definition) is 2. The van der Waals surface area contributed by atoms with E-state index in [9.17, 15) is 4.39 Å². The number of rotatable bonds is 2. The number of nitrogens with two attached hydrogens (primary N) is 1. The van der Waals surface area contributed by atoms with Crippen LogP contribution in [0.15, 0.2) is 42.6 Å². The molecule has 2 nitrogen and oxygen atoms in total. The highest BCUT2D eigenvalue weighted by Crippen LogP contribution is 2.22. The van der Waals surface area contributed by atoms with Gasteiger partial charge in [-0.15, -0.1) is 0 Å². The Morgan fingerprint density at radius 1 is 1.19 bits per heavy atom. The zero-order valence-corrected chi connectivity index (χ0v) is 9.02. The summed E-state index contributed by atoms with van der Waals surface area (Å²) in [5, 5.41) is 0. The second-order valence-corrected chi connectivity index (χ2v) is 3.70. The van der Waals surface area contributed by atoms with Crippen LogP contribution in [0.5, 0.6) is 0 Å². The molecular weight excluding hydrogens is 203 g/mol. The molecule has 0 aliphatic rings. The first-order valence-corrected chi connectivity index (χ1v) is 5.11. The van der Waals surface area contributed by atoms with Crippen LogP contribution in [0.3, 0.4) is 0 Å². The molecule has 0 aliphatic heterocycles. The molecule has 1 unspecified atom stereocenters. The highest BCUT2D eigenvalue weighted by molar-refractivity contribution is 5.32. The number of aryl methyl sites for hydroxylation is 1. The van der Waals surface area contributed by atoms with E-state index in [1.807, 2.05) is 19.1 Å². The molecule has 2 rings (SSSR count). The Bertz CT molecular complexity index is 451. The third kappa shape index (κ3) is 1.95. The molecule has 2 aromatic rings. The van der Waals surface area contributed by atoms with Crippen LogP contribution < -0.4 is 5.73 Å². The molecule has 1 aromatic carbocycles. The molecule has 0 amide bonds. The number of benzene rings is 1. The van der Waals surface area contributed by atoms with Gasteiger partial charge in [-0.3, -0.25) is 4.98 Å². The van der Waals surface area contributed by atoms with Crippen molar-refractivity contribution in [3.05, 3.63) is 65.2 Å². The van der Waals surface area contributed by atoms with Crippen LogP contribution in [0.2, 0.25) is 0 Å². The van der Waals surface area contributed by atoms with Crippen molar-refractivity contribution >= 4 is 0 Å². The van der Waals surface area contributed by atoms with E-state index in [1.54, 1.807) is 24.4 Å². The zero-order valence-electron chi connectivity index (χ0n) is 9.02. The Morgan fingerprint density at radius 3 is 2.62 bits per heavy atom. The Labute approximate surface area is 93.9 Å². The van der Waals surface area contributed by atoms with Crippen LogP contribution in [0, 0.1) is 12.7 Å². The highest BCUT2D eigenvalue weighted by atomic mass is 19.1. The molecule has 1 heterocycles. The predicted molar refractivity (Wildman–Crippen MR) is 61.4 cm³/mol. The lowest BCUT2D eigenvalue weighted by molar-refractivity contribution is 0.596. The fraction of sp³-hybridized carbons (Fsp3) is 0.154. The van der Waals surface area contributed by atoms with Gasteiger partial charge in [-0.2, -0.15) is 0 Å². The van der Waals surface area contributed by atoms with Gasteiger partial charge in [0.25, 0.3) is 0 Å². The molecule has 16 heavy (non-hydrogen) atoms. The van der Waals surface area contributed by atoms with E-state index in [-0.39, 0.29) is 5.82 Å². The minimum atomic E-state index is -0.512. The second-order valence-electron chi connectivity index (χ2n) is 3.70. The van der Waals surface area contributed by atoms with Crippen molar-refractivity contribution in [2.24, 2.45) is 5.73 Å². The fourth-order valence-electron chi connectivity index (χ4n) is 1.70. The van der Waals surface area contributed by atoms with E-state index >= 15 is 0 Å². The molecule has 0 spiro atoms. The van der Waals surface area contributed by atoms with Gasteiger partial charge in [0.2, 0.25) is 0 Å². The Hall–Kier alpha value is -1.74. The molecule has 3 heteroatoms. The zero-order chi connectivity index (χ0) is 11.5. The van der Waals surface area contributed by atoms with Crippen molar-refractivity contribution in [1.82, 2.24) is 4.98 Å². The summed E-state index contributed by atoms with van der Waals surface area (Å²) in [6.45, 7) is 1.92. The van der Waals surface area contributed by atoms with Gasteiger partial charge in [0.1, 0.15) is 5.82 Å². The summed E-state index contributed by atoms with van der Waals surface area (Å²) >= 11 is 0. The second kappa shape index (κ2) is 4.41. The van der Waals surface area contributed by atoms with Crippen LogP contribution in [-0.4, -0.2) is 4.98 Å². The van der Waals surface area contributed by atoms with Gasteiger partial charge in [-0.1, -0.05) is 24.3 Å². The van der Waals surface area contributed by atoms with Crippen molar-refractivity contribution in [2.45, 2.75) is 13.0 Å². The molecule has 2 N–H and O–H groups in total. The topological polar surface area (TPSA) is 38.9 Å². The lowest BCUT2D eigenvalue weighted by atomic mass is 10.0. The van der Waals surface area contributed by atoms with Crippen molar-refractivity contribution in [1.29, 1.82) is 0 Å².